The van der Waals surface area contributed by atoms with Crippen LogP contribution in [-0.2, 0) is 21.2 Å². The average molecular weight is 377 g/mol. The standard InChI is InChI=1S/C20H28N2O3S/c1-14-12-16-13-19(10-11-20(16)21(14)15(2)23)26(24,25)22(18-8-9-18)17-6-4-3-5-7-17/h10-11,13-14,17-18H,3-9,12H2,1-2H3/t14-/m0/s1. The van der Waals surface area contributed by atoms with Gasteiger partial charge in [0.1, 0.15) is 0 Å². The normalized spacial score (nSPS) is 24.1. The summed E-state index contributed by atoms with van der Waals surface area (Å²) in [4.78, 5) is 14.1. The van der Waals surface area contributed by atoms with Crippen LogP contribution in [-0.4, -0.2) is 36.8 Å². The lowest BCUT2D eigenvalue weighted by atomic mass is 9.95. The highest BCUT2D eigenvalue weighted by molar-refractivity contribution is 7.89. The van der Waals surface area contributed by atoms with E-state index < -0.39 is 10.0 Å². The first-order valence-corrected chi connectivity index (χ1v) is 11.3. The smallest absolute Gasteiger partial charge is 0.243 e. The van der Waals surface area contributed by atoms with Crippen molar-refractivity contribution in [2.24, 2.45) is 0 Å². The summed E-state index contributed by atoms with van der Waals surface area (Å²) in [7, 11) is -3.48. The Labute approximate surface area is 156 Å². The number of sulfonamides is 1. The Morgan fingerprint density at radius 2 is 1.73 bits per heavy atom. The fourth-order valence-electron chi connectivity index (χ4n) is 4.72. The van der Waals surface area contributed by atoms with Gasteiger partial charge in [-0.1, -0.05) is 19.3 Å². The second-order valence-corrected chi connectivity index (χ2v) is 9.93. The molecule has 142 valence electrons. The molecule has 0 aromatic heterocycles. The molecule has 6 heteroatoms. The van der Waals surface area contributed by atoms with Crippen molar-refractivity contribution >= 4 is 21.6 Å². The molecule has 0 spiro atoms. The van der Waals surface area contributed by atoms with Gasteiger partial charge >= 0.3 is 0 Å². The van der Waals surface area contributed by atoms with Gasteiger partial charge in [0.2, 0.25) is 15.9 Å². The third-order valence-electron chi connectivity index (χ3n) is 6.02. The molecule has 3 aliphatic rings. The van der Waals surface area contributed by atoms with Gasteiger partial charge in [0, 0.05) is 30.7 Å². The molecule has 5 nitrogen and oxygen atoms in total. The Morgan fingerprint density at radius 3 is 2.35 bits per heavy atom. The second-order valence-electron chi connectivity index (χ2n) is 8.09. The van der Waals surface area contributed by atoms with Crippen molar-refractivity contribution in [1.29, 1.82) is 0 Å². The van der Waals surface area contributed by atoms with Crippen molar-refractivity contribution in [3.63, 3.8) is 0 Å². The Kier molecular flexibility index (Phi) is 4.59. The number of rotatable bonds is 4. The number of fused-ring (bicyclic) bond motifs is 1. The van der Waals surface area contributed by atoms with Gasteiger partial charge in [0.05, 0.1) is 4.90 Å². The molecule has 2 saturated carbocycles. The molecule has 2 fully saturated rings. The second kappa shape index (κ2) is 6.64. The van der Waals surface area contributed by atoms with E-state index in [1.807, 2.05) is 23.4 Å². The highest BCUT2D eigenvalue weighted by Gasteiger charge is 2.43. The van der Waals surface area contributed by atoms with Gasteiger partial charge in [-0.2, -0.15) is 4.31 Å². The maximum Gasteiger partial charge on any atom is 0.243 e. The van der Waals surface area contributed by atoms with E-state index in [1.165, 1.54) is 6.42 Å². The van der Waals surface area contributed by atoms with Crippen molar-refractivity contribution < 1.29 is 13.2 Å². The minimum atomic E-state index is -3.48. The van der Waals surface area contributed by atoms with Crippen molar-refractivity contribution in [2.75, 3.05) is 4.90 Å². The summed E-state index contributed by atoms with van der Waals surface area (Å²) in [6.45, 7) is 3.57. The number of hydrogen-bond donors (Lipinski definition) is 0. The predicted octanol–water partition coefficient (Wildman–Crippen LogP) is 3.47. The number of nitrogens with zero attached hydrogens (tertiary/aromatic N) is 2. The fraction of sp³-hybridized carbons (Fsp3) is 0.650. The van der Waals surface area contributed by atoms with Gasteiger partial charge in [-0.05, 0) is 62.8 Å². The van der Waals surface area contributed by atoms with Crippen molar-refractivity contribution in [2.45, 2.75) is 88.2 Å². The zero-order valence-corrected chi connectivity index (χ0v) is 16.5. The summed E-state index contributed by atoms with van der Waals surface area (Å²) in [6.07, 6.45) is 8.10. The Balaban J connectivity index is 1.68. The third-order valence-corrected chi connectivity index (χ3v) is 8.02. The van der Waals surface area contributed by atoms with Crippen LogP contribution in [0.5, 0.6) is 0 Å². The van der Waals surface area contributed by atoms with E-state index in [0.717, 1.165) is 49.8 Å². The number of amides is 1. The lowest BCUT2D eigenvalue weighted by Crippen LogP contribution is -2.42. The van der Waals surface area contributed by atoms with Gasteiger partial charge < -0.3 is 4.90 Å². The molecule has 1 atom stereocenters. The number of anilines is 1. The van der Waals surface area contributed by atoms with E-state index in [9.17, 15) is 13.2 Å². The zero-order valence-electron chi connectivity index (χ0n) is 15.6. The topological polar surface area (TPSA) is 57.7 Å². The molecular formula is C20H28N2O3S. The molecule has 1 aromatic carbocycles. The molecule has 0 N–H and O–H groups in total. The lowest BCUT2D eigenvalue weighted by molar-refractivity contribution is -0.116. The van der Waals surface area contributed by atoms with Crippen LogP contribution in [0.4, 0.5) is 5.69 Å². The quantitative estimate of drug-likeness (QED) is 0.808. The summed E-state index contributed by atoms with van der Waals surface area (Å²) in [5, 5.41) is 0. The molecule has 0 unspecified atom stereocenters. The van der Waals surface area contributed by atoms with Crippen LogP contribution in [0.2, 0.25) is 0 Å². The first-order valence-electron chi connectivity index (χ1n) is 9.86. The largest absolute Gasteiger partial charge is 0.309 e. The summed E-state index contributed by atoms with van der Waals surface area (Å²) >= 11 is 0. The highest BCUT2D eigenvalue weighted by Crippen LogP contribution is 2.40. The molecule has 1 amide bonds. The maximum absolute atomic E-state index is 13.5. The van der Waals surface area contributed by atoms with Gasteiger partial charge in [0.25, 0.3) is 0 Å². The number of hydrogen-bond acceptors (Lipinski definition) is 3. The third kappa shape index (κ3) is 3.07. The van der Waals surface area contributed by atoms with Gasteiger partial charge in [-0.3, -0.25) is 4.79 Å². The molecule has 1 heterocycles. The molecule has 0 radical (unpaired) electrons. The summed E-state index contributed by atoms with van der Waals surface area (Å²) in [5.74, 6) is 0.00803. The Hall–Kier alpha value is -1.40. The zero-order chi connectivity index (χ0) is 18.5. The van der Waals surface area contributed by atoms with Crippen LogP contribution in [0.1, 0.15) is 64.4 Å². The first-order chi connectivity index (χ1) is 12.4. The molecule has 2 aliphatic carbocycles. The highest BCUT2D eigenvalue weighted by atomic mass is 32.2. The summed E-state index contributed by atoms with van der Waals surface area (Å²) in [6, 6.07) is 5.74. The molecule has 1 aliphatic heterocycles. The first kappa shape index (κ1) is 18.0. The van der Waals surface area contributed by atoms with E-state index in [0.29, 0.717) is 11.3 Å². The molecule has 1 aromatic rings. The number of carbonyl (C=O) groups excluding carboxylic acids is 1. The number of benzene rings is 1. The van der Waals surface area contributed by atoms with E-state index in [1.54, 1.807) is 17.9 Å². The van der Waals surface area contributed by atoms with E-state index >= 15 is 0 Å². The van der Waals surface area contributed by atoms with Crippen LogP contribution in [0.15, 0.2) is 23.1 Å². The molecule has 0 saturated heterocycles. The van der Waals surface area contributed by atoms with Crippen LogP contribution in [0.25, 0.3) is 0 Å². The van der Waals surface area contributed by atoms with Crippen molar-refractivity contribution in [3.8, 4) is 0 Å². The minimum absolute atomic E-state index is 0.00803. The van der Waals surface area contributed by atoms with Gasteiger partial charge in [-0.25, -0.2) is 8.42 Å². The van der Waals surface area contributed by atoms with Crippen LogP contribution >= 0.6 is 0 Å². The van der Waals surface area contributed by atoms with Gasteiger partial charge in [-0.15, -0.1) is 0 Å². The van der Waals surface area contributed by atoms with E-state index in [4.69, 9.17) is 0 Å². The van der Waals surface area contributed by atoms with Crippen molar-refractivity contribution in [3.05, 3.63) is 23.8 Å². The van der Waals surface area contributed by atoms with E-state index in [2.05, 4.69) is 0 Å². The van der Waals surface area contributed by atoms with Gasteiger partial charge in [0.15, 0.2) is 0 Å². The monoisotopic (exact) mass is 376 g/mol. The maximum atomic E-state index is 13.5. The van der Waals surface area contributed by atoms with Crippen LogP contribution in [0.3, 0.4) is 0 Å². The van der Waals surface area contributed by atoms with E-state index in [-0.39, 0.29) is 24.0 Å². The minimum Gasteiger partial charge on any atom is -0.309 e. The SMILES string of the molecule is CC(=O)N1c2ccc(S(=O)(=O)N(C3CCCCC3)C3CC3)cc2C[C@@H]1C. The summed E-state index contributed by atoms with van der Waals surface area (Å²) < 4.78 is 28.7. The van der Waals surface area contributed by atoms with Crippen molar-refractivity contribution in [1.82, 2.24) is 4.31 Å². The van der Waals surface area contributed by atoms with Crippen LogP contribution in [0, 0.1) is 0 Å². The average Bonchev–Trinajstić information content (AvgIpc) is 3.35. The number of carbonyl (C=O) groups is 1. The Morgan fingerprint density at radius 1 is 1.08 bits per heavy atom. The Bertz CT molecular complexity index is 810. The van der Waals surface area contributed by atoms with Crippen LogP contribution < -0.4 is 4.90 Å². The predicted molar refractivity (Wildman–Crippen MR) is 102 cm³/mol. The summed E-state index contributed by atoms with van der Waals surface area (Å²) in [5.41, 5.74) is 1.83. The fourth-order valence-corrected chi connectivity index (χ4v) is 6.71. The molecule has 4 rings (SSSR count). The molecule has 0 bridgehead atoms. The molecule has 26 heavy (non-hydrogen) atoms. The lowest BCUT2D eigenvalue weighted by Gasteiger charge is -2.33. The molecular weight excluding hydrogens is 348 g/mol.